The highest BCUT2D eigenvalue weighted by Gasteiger charge is 2.40. The van der Waals surface area contributed by atoms with Gasteiger partial charge in [0.15, 0.2) is 11.5 Å². The topological polar surface area (TPSA) is 57.9 Å². The fourth-order valence-corrected chi connectivity index (χ4v) is 3.41. The SMILES string of the molecule is CCOc1ccccc1Oc1c(C(F)(F)F)oc2cc(OCc3cccc(C)c3)ccc2c1=O. The van der Waals surface area contributed by atoms with E-state index in [0.29, 0.717) is 0 Å². The highest BCUT2D eigenvalue weighted by molar-refractivity contribution is 5.80. The number of alkyl halides is 3. The van der Waals surface area contributed by atoms with Crippen LogP contribution in [0.5, 0.6) is 23.0 Å². The molecule has 0 fully saturated rings. The third-order valence-electron chi connectivity index (χ3n) is 4.93. The molecular formula is C26H21F3O5. The molecule has 4 aromatic rings. The lowest BCUT2D eigenvalue weighted by atomic mass is 10.1. The van der Waals surface area contributed by atoms with Gasteiger partial charge >= 0.3 is 6.18 Å². The summed E-state index contributed by atoms with van der Waals surface area (Å²) < 4.78 is 63.2. The monoisotopic (exact) mass is 470 g/mol. The molecule has 34 heavy (non-hydrogen) atoms. The predicted molar refractivity (Wildman–Crippen MR) is 121 cm³/mol. The number of benzene rings is 3. The molecule has 176 valence electrons. The van der Waals surface area contributed by atoms with Crippen LogP contribution < -0.4 is 19.6 Å². The van der Waals surface area contributed by atoms with E-state index in [-0.39, 0.29) is 41.4 Å². The van der Waals surface area contributed by atoms with Crippen LogP contribution >= 0.6 is 0 Å². The van der Waals surface area contributed by atoms with Crippen LogP contribution in [0.15, 0.2) is 75.9 Å². The van der Waals surface area contributed by atoms with Gasteiger partial charge in [-0.05, 0) is 43.7 Å². The molecule has 0 unspecified atom stereocenters. The maximum atomic E-state index is 13.8. The van der Waals surface area contributed by atoms with E-state index in [4.69, 9.17) is 18.6 Å². The van der Waals surface area contributed by atoms with Crippen molar-refractivity contribution in [3.63, 3.8) is 0 Å². The number of rotatable bonds is 7. The average Bonchev–Trinajstić information content (AvgIpc) is 2.80. The van der Waals surface area contributed by atoms with E-state index in [1.54, 1.807) is 19.1 Å². The van der Waals surface area contributed by atoms with E-state index in [0.717, 1.165) is 11.1 Å². The van der Waals surface area contributed by atoms with Gasteiger partial charge in [0.1, 0.15) is 17.9 Å². The summed E-state index contributed by atoms with van der Waals surface area (Å²) in [6, 6.07) is 17.9. The first-order valence-electron chi connectivity index (χ1n) is 10.5. The quantitative estimate of drug-likeness (QED) is 0.294. The van der Waals surface area contributed by atoms with Crippen molar-refractivity contribution in [3.8, 4) is 23.0 Å². The second kappa shape index (κ2) is 9.51. The number of para-hydroxylation sites is 2. The summed E-state index contributed by atoms with van der Waals surface area (Å²) in [5, 5.41) is -0.0696. The van der Waals surface area contributed by atoms with E-state index in [1.165, 1.54) is 30.3 Å². The number of hydrogen-bond donors (Lipinski definition) is 0. The van der Waals surface area contributed by atoms with Crippen LogP contribution in [0.4, 0.5) is 13.2 Å². The van der Waals surface area contributed by atoms with Gasteiger partial charge in [0.25, 0.3) is 5.76 Å². The van der Waals surface area contributed by atoms with Gasteiger partial charge in [-0.3, -0.25) is 4.79 Å². The second-order valence-electron chi connectivity index (χ2n) is 7.50. The van der Waals surface area contributed by atoms with Gasteiger partial charge in [0.2, 0.25) is 11.2 Å². The number of halogens is 3. The van der Waals surface area contributed by atoms with Gasteiger partial charge in [-0.15, -0.1) is 0 Å². The second-order valence-corrected chi connectivity index (χ2v) is 7.50. The largest absolute Gasteiger partial charge is 0.490 e. The minimum Gasteiger partial charge on any atom is -0.490 e. The lowest BCUT2D eigenvalue weighted by Gasteiger charge is -2.15. The number of fused-ring (bicyclic) bond motifs is 1. The maximum Gasteiger partial charge on any atom is 0.453 e. The van der Waals surface area contributed by atoms with Crippen molar-refractivity contribution in [3.05, 3.63) is 93.8 Å². The summed E-state index contributed by atoms with van der Waals surface area (Å²) in [5.74, 6) is -2.05. The van der Waals surface area contributed by atoms with Crippen molar-refractivity contribution in [2.75, 3.05) is 6.61 Å². The Bertz CT molecular complexity index is 1380. The van der Waals surface area contributed by atoms with E-state index < -0.39 is 23.1 Å². The van der Waals surface area contributed by atoms with Crippen LogP contribution in [0, 0.1) is 6.92 Å². The van der Waals surface area contributed by atoms with Gasteiger partial charge in [0, 0.05) is 6.07 Å². The van der Waals surface area contributed by atoms with E-state index in [2.05, 4.69) is 0 Å². The first-order valence-corrected chi connectivity index (χ1v) is 10.5. The van der Waals surface area contributed by atoms with Crippen molar-refractivity contribution >= 4 is 11.0 Å². The molecule has 4 rings (SSSR count). The van der Waals surface area contributed by atoms with E-state index >= 15 is 0 Å². The molecule has 0 aliphatic rings. The van der Waals surface area contributed by atoms with Crippen molar-refractivity contribution in [2.45, 2.75) is 26.6 Å². The average molecular weight is 470 g/mol. The molecule has 1 heterocycles. The Morgan fingerprint density at radius 2 is 1.68 bits per heavy atom. The molecule has 0 bridgehead atoms. The van der Waals surface area contributed by atoms with Crippen LogP contribution in [0.25, 0.3) is 11.0 Å². The Balaban J connectivity index is 1.73. The summed E-state index contributed by atoms with van der Waals surface area (Å²) in [7, 11) is 0. The number of hydrogen-bond acceptors (Lipinski definition) is 5. The van der Waals surface area contributed by atoms with Crippen molar-refractivity contribution in [2.24, 2.45) is 0 Å². The zero-order valence-corrected chi connectivity index (χ0v) is 18.4. The van der Waals surface area contributed by atoms with Crippen LogP contribution in [0.1, 0.15) is 23.8 Å². The highest BCUT2D eigenvalue weighted by Crippen LogP contribution is 2.40. The molecule has 5 nitrogen and oxygen atoms in total. The molecule has 0 aliphatic carbocycles. The van der Waals surface area contributed by atoms with Crippen LogP contribution in [0.2, 0.25) is 0 Å². The zero-order valence-electron chi connectivity index (χ0n) is 18.4. The van der Waals surface area contributed by atoms with Crippen LogP contribution in [0.3, 0.4) is 0 Å². The Hall–Kier alpha value is -3.94. The normalized spacial score (nSPS) is 11.4. The smallest absolute Gasteiger partial charge is 0.453 e. The van der Waals surface area contributed by atoms with E-state index in [1.807, 2.05) is 31.2 Å². The van der Waals surface area contributed by atoms with Crippen molar-refractivity contribution in [1.29, 1.82) is 0 Å². The molecule has 0 saturated carbocycles. The van der Waals surface area contributed by atoms with Crippen molar-refractivity contribution in [1.82, 2.24) is 0 Å². The minimum atomic E-state index is -4.97. The molecule has 1 aromatic heterocycles. The maximum absolute atomic E-state index is 13.8. The van der Waals surface area contributed by atoms with Crippen LogP contribution in [-0.4, -0.2) is 6.61 Å². The first kappa shape index (κ1) is 23.2. The van der Waals surface area contributed by atoms with Gasteiger partial charge in [0.05, 0.1) is 12.0 Å². The number of aryl methyl sites for hydroxylation is 1. The zero-order chi connectivity index (χ0) is 24.3. The summed E-state index contributed by atoms with van der Waals surface area (Å²) in [6.07, 6.45) is -4.97. The third-order valence-corrected chi connectivity index (χ3v) is 4.93. The summed E-state index contributed by atoms with van der Waals surface area (Å²) in [5.41, 5.74) is 0.739. The lowest BCUT2D eigenvalue weighted by Crippen LogP contribution is -2.15. The predicted octanol–water partition coefficient (Wildman–Crippen LogP) is 6.89. The summed E-state index contributed by atoms with van der Waals surface area (Å²) in [6.45, 7) is 4.14. The Morgan fingerprint density at radius 1 is 0.912 bits per heavy atom. The standard InChI is InChI=1S/C26H21F3O5/c1-3-31-20-9-4-5-10-21(20)33-24-23(30)19-12-11-18(14-22(19)34-25(24)26(27,28)29)32-15-17-8-6-7-16(2)13-17/h4-14H,3,15H2,1-2H3. The Labute approximate surface area is 193 Å². The molecule has 3 aromatic carbocycles. The van der Waals surface area contributed by atoms with Gasteiger partial charge < -0.3 is 18.6 Å². The molecule has 0 amide bonds. The fourth-order valence-electron chi connectivity index (χ4n) is 3.41. The third kappa shape index (κ3) is 5.01. The molecule has 0 spiro atoms. The van der Waals surface area contributed by atoms with Gasteiger partial charge in [-0.25, -0.2) is 0 Å². The fraction of sp³-hybridized carbons (Fsp3) is 0.192. The van der Waals surface area contributed by atoms with Crippen LogP contribution in [-0.2, 0) is 12.8 Å². The molecular weight excluding hydrogens is 449 g/mol. The van der Waals surface area contributed by atoms with Gasteiger partial charge in [-0.2, -0.15) is 13.2 Å². The highest BCUT2D eigenvalue weighted by atomic mass is 19.4. The molecule has 0 N–H and O–H groups in total. The molecule has 8 heteroatoms. The Kier molecular flexibility index (Phi) is 6.49. The minimum absolute atomic E-state index is 0.0281. The lowest BCUT2D eigenvalue weighted by molar-refractivity contribution is -0.154. The molecule has 0 saturated heterocycles. The number of ether oxygens (including phenoxy) is 3. The summed E-state index contributed by atoms with van der Waals surface area (Å²) in [4.78, 5) is 13.0. The summed E-state index contributed by atoms with van der Waals surface area (Å²) >= 11 is 0. The Morgan fingerprint density at radius 3 is 2.38 bits per heavy atom. The molecule has 0 aliphatic heterocycles. The molecule has 0 atom stereocenters. The van der Waals surface area contributed by atoms with Crippen molar-refractivity contribution < 1.29 is 31.8 Å². The van der Waals surface area contributed by atoms with E-state index in [9.17, 15) is 18.0 Å². The first-order chi connectivity index (χ1) is 16.3. The van der Waals surface area contributed by atoms with Gasteiger partial charge in [-0.1, -0.05) is 42.0 Å². The molecule has 0 radical (unpaired) electrons.